The predicted octanol–water partition coefficient (Wildman–Crippen LogP) is 5.27. The Labute approximate surface area is 137 Å². The Kier molecular flexibility index (Phi) is 3.58. The van der Waals surface area contributed by atoms with Crippen molar-refractivity contribution < 1.29 is 4.74 Å². The van der Waals surface area contributed by atoms with Gasteiger partial charge in [0, 0.05) is 9.13 Å². The first-order valence-electron chi connectivity index (χ1n) is 6.47. The maximum Gasteiger partial charge on any atom is 0.128 e. The largest absolute Gasteiger partial charge is 0.485 e. The molecule has 1 unspecified atom stereocenters. The normalized spacial score (nSPS) is 19.3. The summed E-state index contributed by atoms with van der Waals surface area (Å²) in [6.07, 6.45) is 0. The van der Waals surface area contributed by atoms with E-state index in [4.69, 9.17) is 16.3 Å². The Morgan fingerprint density at radius 1 is 1.20 bits per heavy atom. The van der Waals surface area contributed by atoms with Gasteiger partial charge in [-0.3, -0.25) is 0 Å². The molecule has 4 heteroatoms. The topological polar surface area (TPSA) is 21.3 Å². The molecule has 1 atom stereocenters. The Morgan fingerprint density at radius 2 is 1.95 bits per heavy atom. The molecule has 0 spiro atoms. The van der Waals surface area contributed by atoms with Gasteiger partial charge in [-0.05, 0) is 60.7 Å². The van der Waals surface area contributed by atoms with Crippen LogP contribution in [-0.2, 0) is 0 Å². The average molecular weight is 400 g/mol. The lowest BCUT2D eigenvalue weighted by Crippen LogP contribution is -2.34. The molecule has 1 aliphatic heterocycles. The molecule has 2 aromatic carbocycles. The van der Waals surface area contributed by atoms with Crippen LogP contribution in [0, 0.1) is 3.57 Å². The van der Waals surface area contributed by atoms with Crippen LogP contribution >= 0.6 is 34.2 Å². The first kappa shape index (κ1) is 14.0. The zero-order valence-corrected chi connectivity index (χ0v) is 14.2. The lowest BCUT2D eigenvalue weighted by atomic mass is 9.94. The highest BCUT2D eigenvalue weighted by Gasteiger charge is 2.41. The SMILES string of the molecule is CC1(C)Oc2ccccc2C1Nc1ccc(I)cc1Cl. The maximum absolute atomic E-state index is 6.32. The first-order valence-corrected chi connectivity index (χ1v) is 7.92. The molecule has 0 fully saturated rings. The number of hydrogen-bond donors (Lipinski definition) is 1. The molecule has 1 heterocycles. The summed E-state index contributed by atoms with van der Waals surface area (Å²) in [5, 5.41) is 4.26. The van der Waals surface area contributed by atoms with E-state index in [1.54, 1.807) is 0 Å². The van der Waals surface area contributed by atoms with E-state index in [0.29, 0.717) is 0 Å². The van der Waals surface area contributed by atoms with Crippen molar-refractivity contribution in [3.8, 4) is 5.75 Å². The van der Waals surface area contributed by atoms with Crippen LogP contribution in [0.15, 0.2) is 42.5 Å². The third-order valence-electron chi connectivity index (χ3n) is 3.53. The minimum Gasteiger partial charge on any atom is -0.485 e. The number of nitrogens with one attached hydrogen (secondary N) is 1. The molecule has 0 aliphatic carbocycles. The molecule has 0 saturated heterocycles. The number of para-hydroxylation sites is 1. The van der Waals surface area contributed by atoms with E-state index in [1.807, 2.05) is 36.4 Å². The minimum absolute atomic E-state index is 0.0799. The summed E-state index contributed by atoms with van der Waals surface area (Å²) in [5.41, 5.74) is 1.80. The molecule has 1 N–H and O–H groups in total. The molecule has 0 aromatic heterocycles. The molecule has 0 bridgehead atoms. The smallest absolute Gasteiger partial charge is 0.128 e. The van der Waals surface area contributed by atoms with Gasteiger partial charge in [-0.1, -0.05) is 29.8 Å². The number of ether oxygens (including phenoxy) is 1. The number of hydrogen-bond acceptors (Lipinski definition) is 2. The number of benzene rings is 2. The number of rotatable bonds is 2. The van der Waals surface area contributed by atoms with Gasteiger partial charge in [0.25, 0.3) is 0 Å². The number of fused-ring (bicyclic) bond motifs is 1. The van der Waals surface area contributed by atoms with Gasteiger partial charge in [0.05, 0.1) is 16.8 Å². The van der Waals surface area contributed by atoms with Crippen LogP contribution in [0.1, 0.15) is 25.5 Å². The summed E-state index contributed by atoms with van der Waals surface area (Å²) < 4.78 is 7.16. The van der Waals surface area contributed by atoms with Gasteiger partial charge < -0.3 is 10.1 Å². The zero-order chi connectivity index (χ0) is 14.3. The third-order valence-corrected chi connectivity index (χ3v) is 4.51. The van der Waals surface area contributed by atoms with Crippen LogP contribution in [-0.4, -0.2) is 5.60 Å². The highest BCUT2D eigenvalue weighted by atomic mass is 127. The Hall–Kier alpha value is -0.940. The molecule has 0 radical (unpaired) electrons. The van der Waals surface area contributed by atoms with Crippen LogP contribution < -0.4 is 10.1 Å². The summed E-state index contributed by atoms with van der Waals surface area (Å²) in [7, 11) is 0. The van der Waals surface area contributed by atoms with Gasteiger partial charge in [-0.25, -0.2) is 0 Å². The van der Waals surface area contributed by atoms with Crippen molar-refractivity contribution >= 4 is 39.9 Å². The lowest BCUT2D eigenvalue weighted by molar-refractivity contribution is 0.118. The molecule has 1 aliphatic rings. The van der Waals surface area contributed by atoms with Crippen molar-refractivity contribution in [2.45, 2.75) is 25.5 Å². The second-order valence-corrected chi connectivity index (χ2v) is 7.10. The minimum atomic E-state index is -0.310. The van der Waals surface area contributed by atoms with Gasteiger partial charge in [0.15, 0.2) is 0 Å². The molecule has 3 rings (SSSR count). The fourth-order valence-corrected chi connectivity index (χ4v) is 3.45. The molecule has 0 saturated carbocycles. The quantitative estimate of drug-likeness (QED) is 0.695. The number of halogens is 2. The van der Waals surface area contributed by atoms with Crippen LogP contribution in [0.2, 0.25) is 5.02 Å². The Bertz CT molecular complexity index is 657. The first-order chi connectivity index (χ1) is 9.47. The fraction of sp³-hybridized carbons (Fsp3) is 0.250. The van der Waals surface area contributed by atoms with Gasteiger partial charge >= 0.3 is 0 Å². The summed E-state index contributed by atoms with van der Waals surface area (Å²) in [6.45, 7) is 4.18. The van der Waals surface area contributed by atoms with Gasteiger partial charge in [0.1, 0.15) is 11.4 Å². The fourth-order valence-electron chi connectivity index (χ4n) is 2.54. The molecular weight excluding hydrogens is 385 g/mol. The average Bonchev–Trinajstić information content (AvgIpc) is 2.63. The summed E-state index contributed by atoms with van der Waals surface area (Å²) >= 11 is 8.58. The van der Waals surface area contributed by atoms with Crippen molar-refractivity contribution in [2.24, 2.45) is 0 Å². The molecule has 20 heavy (non-hydrogen) atoms. The molecule has 0 amide bonds. The predicted molar refractivity (Wildman–Crippen MR) is 91.7 cm³/mol. The van der Waals surface area contributed by atoms with Crippen molar-refractivity contribution in [1.29, 1.82) is 0 Å². The lowest BCUT2D eigenvalue weighted by Gasteiger charge is -2.28. The highest BCUT2D eigenvalue weighted by Crippen LogP contribution is 2.45. The van der Waals surface area contributed by atoms with Crippen LogP contribution in [0.25, 0.3) is 0 Å². The second-order valence-electron chi connectivity index (χ2n) is 5.44. The number of anilines is 1. The van der Waals surface area contributed by atoms with E-state index in [0.717, 1.165) is 20.0 Å². The molecule has 2 aromatic rings. The van der Waals surface area contributed by atoms with Crippen LogP contribution in [0.4, 0.5) is 5.69 Å². The van der Waals surface area contributed by atoms with E-state index in [1.165, 1.54) is 5.56 Å². The Morgan fingerprint density at radius 3 is 2.70 bits per heavy atom. The third kappa shape index (κ3) is 2.49. The zero-order valence-electron chi connectivity index (χ0n) is 11.3. The van der Waals surface area contributed by atoms with Crippen LogP contribution in [0.5, 0.6) is 5.75 Å². The van der Waals surface area contributed by atoms with Crippen molar-refractivity contribution in [1.82, 2.24) is 0 Å². The van der Waals surface area contributed by atoms with E-state index < -0.39 is 0 Å². The van der Waals surface area contributed by atoms with Gasteiger partial charge in [-0.15, -0.1) is 0 Å². The molecule has 2 nitrogen and oxygen atoms in total. The van der Waals surface area contributed by atoms with Gasteiger partial charge in [-0.2, -0.15) is 0 Å². The van der Waals surface area contributed by atoms with E-state index >= 15 is 0 Å². The standard InChI is InChI=1S/C16H15ClINO/c1-16(2)15(11-5-3-4-6-14(11)20-16)19-13-8-7-10(18)9-12(13)17/h3-9,15,19H,1-2H3. The van der Waals surface area contributed by atoms with Crippen molar-refractivity contribution in [3.05, 3.63) is 56.6 Å². The van der Waals surface area contributed by atoms with Gasteiger partial charge in [0.2, 0.25) is 0 Å². The monoisotopic (exact) mass is 399 g/mol. The van der Waals surface area contributed by atoms with E-state index in [9.17, 15) is 0 Å². The highest BCUT2D eigenvalue weighted by molar-refractivity contribution is 14.1. The molecule has 104 valence electrons. The second kappa shape index (κ2) is 5.11. The molecular formula is C16H15ClINO. The van der Waals surface area contributed by atoms with Crippen molar-refractivity contribution in [3.63, 3.8) is 0 Å². The van der Waals surface area contributed by atoms with E-state index in [-0.39, 0.29) is 11.6 Å². The summed E-state index contributed by atoms with van der Waals surface area (Å²) in [4.78, 5) is 0. The van der Waals surface area contributed by atoms with E-state index in [2.05, 4.69) is 47.8 Å². The van der Waals surface area contributed by atoms with Crippen molar-refractivity contribution in [2.75, 3.05) is 5.32 Å². The Balaban J connectivity index is 1.97. The summed E-state index contributed by atoms with van der Waals surface area (Å²) in [6, 6.07) is 14.2. The summed E-state index contributed by atoms with van der Waals surface area (Å²) in [5.74, 6) is 0.941. The van der Waals surface area contributed by atoms with Crippen LogP contribution in [0.3, 0.4) is 0 Å². The maximum atomic E-state index is 6.32.